The first-order valence-corrected chi connectivity index (χ1v) is 11.2. The first-order chi connectivity index (χ1) is 14.8. The van der Waals surface area contributed by atoms with E-state index in [4.69, 9.17) is 17.0 Å². The minimum atomic E-state index is -3.56. The Morgan fingerprint density at radius 3 is 2.65 bits per heavy atom. The lowest BCUT2D eigenvalue weighted by Crippen LogP contribution is -2.40. The van der Waals surface area contributed by atoms with Gasteiger partial charge in [0.1, 0.15) is 5.75 Å². The Morgan fingerprint density at radius 2 is 2.00 bits per heavy atom. The van der Waals surface area contributed by atoms with E-state index in [1.54, 1.807) is 19.1 Å². The Kier molecular flexibility index (Phi) is 7.51. The van der Waals surface area contributed by atoms with Gasteiger partial charge in [0.25, 0.3) is 0 Å². The number of aromatic hydroxyl groups is 1. The van der Waals surface area contributed by atoms with Crippen molar-refractivity contribution in [2.45, 2.75) is 18.4 Å². The molecule has 0 atom stereocenters. The number of hydrazone groups is 1. The standard InChI is InChI=1S/C19H23N5O5S2/c1-13-18(26)17(14(12-25)10-20-13)11-21-23-19(30)22-15-2-4-16(5-3-15)31(27,28)24-6-8-29-9-7-24/h2-5,10-11,25-26H,6-9,12H2,1H3,(H2,22,23,30). The average Bonchev–Trinajstić information content (AvgIpc) is 2.78. The number of nitrogens with zero attached hydrogens (tertiary/aromatic N) is 3. The van der Waals surface area contributed by atoms with Gasteiger partial charge in [0, 0.05) is 36.1 Å². The van der Waals surface area contributed by atoms with Crippen LogP contribution in [0.4, 0.5) is 5.69 Å². The van der Waals surface area contributed by atoms with Crippen molar-refractivity contribution in [3.05, 3.63) is 47.3 Å². The average molecular weight is 466 g/mol. The van der Waals surface area contributed by atoms with Crippen LogP contribution >= 0.6 is 12.2 Å². The Hall–Kier alpha value is -2.64. The summed E-state index contributed by atoms with van der Waals surface area (Å²) in [5, 5.41) is 26.5. The number of benzene rings is 1. The fourth-order valence-corrected chi connectivity index (χ4v) is 4.46. The third kappa shape index (κ3) is 5.54. The van der Waals surface area contributed by atoms with Gasteiger partial charge in [-0.1, -0.05) is 0 Å². The fourth-order valence-electron chi connectivity index (χ4n) is 2.88. The minimum Gasteiger partial charge on any atom is -0.505 e. The van der Waals surface area contributed by atoms with Crippen LogP contribution in [0.1, 0.15) is 16.8 Å². The number of thiocarbonyl (C=S) groups is 1. The molecule has 1 saturated heterocycles. The van der Waals surface area contributed by atoms with E-state index in [1.807, 2.05) is 0 Å². The number of hydrogen-bond donors (Lipinski definition) is 4. The molecule has 10 nitrogen and oxygen atoms in total. The predicted octanol–water partition coefficient (Wildman–Crippen LogP) is 0.929. The molecule has 1 aliphatic rings. The maximum Gasteiger partial charge on any atom is 0.243 e. The number of aryl methyl sites for hydroxylation is 1. The highest BCUT2D eigenvalue weighted by Gasteiger charge is 2.26. The molecule has 1 aromatic heterocycles. The lowest BCUT2D eigenvalue weighted by Gasteiger charge is -2.26. The van der Waals surface area contributed by atoms with Crippen LogP contribution in [0.2, 0.25) is 0 Å². The first-order valence-electron chi connectivity index (χ1n) is 9.39. The number of anilines is 1. The zero-order valence-electron chi connectivity index (χ0n) is 16.8. The van der Waals surface area contributed by atoms with Gasteiger partial charge in [-0.3, -0.25) is 10.4 Å². The van der Waals surface area contributed by atoms with Crippen LogP contribution in [0.5, 0.6) is 5.75 Å². The van der Waals surface area contributed by atoms with E-state index < -0.39 is 10.0 Å². The van der Waals surface area contributed by atoms with Gasteiger partial charge in [0.15, 0.2) is 5.11 Å². The van der Waals surface area contributed by atoms with Crippen molar-refractivity contribution in [3.63, 3.8) is 0 Å². The van der Waals surface area contributed by atoms with Gasteiger partial charge < -0.3 is 20.3 Å². The lowest BCUT2D eigenvalue weighted by molar-refractivity contribution is 0.0730. The number of pyridine rings is 1. The number of ether oxygens (including phenoxy) is 1. The first kappa shape index (κ1) is 23.0. The van der Waals surface area contributed by atoms with Gasteiger partial charge >= 0.3 is 0 Å². The van der Waals surface area contributed by atoms with E-state index in [9.17, 15) is 18.6 Å². The Morgan fingerprint density at radius 1 is 1.32 bits per heavy atom. The van der Waals surface area contributed by atoms with Crippen molar-refractivity contribution < 1.29 is 23.4 Å². The predicted molar refractivity (Wildman–Crippen MR) is 120 cm³/mol. The van der Waals surface area contributed by atoms with E-state index in [0.29, 0.717) is 48.8 Å². The second kappa shape index (κ2) is 10.1. The smallest absolute Gasteiger partial charge is 0.243 e. The van der Waals surface area contributed by atoms with E-state index in [2.05, 4.69) is 20.8 Å². The second-order valence-corrected chi connectivity index (χ2v) is 9.00. The maximum atomic E-state index is 12.7. The van der Waals surface area contributed by atoms with E-state index in [-0.39, 0.29) is 22.4 Å². The third-order valence-corrected chi connectivity index (χ3v) is 6.71. The monoisotopic (exact) mass is 465 g/mol. The van der Waals surface area contributed by atoms with E-state index >= 15 is 0 Å². The molecule has 0 radical (unpaired) electrons. The molecular formula is C19H23N5O5S2. The van der Waals surface area contributed by atoms with Crippen molar-refractivity contribution in [2.24, 2.45) is 5.10 Å². The second-order valence-electron chi connectivity index (χ2n) is 6.65. The molecule has 31 heavy (non-hydrogen) atoms. The van der Waals surface area contributed by atoms with Crippen LogP contribution in [0.15, 0.2) is 40.5 Å². The van der Waals surface area contributed by atoms with Gasteiger partial charge in [-0.25, -0.2) is 8.42 Å². The number of sulfonamides is 1. The number of hydrogen-bond acceptors (Lipinski definition) is 8. The molecular weight excluding hydrogens is 442 g/mol. The SMILES string of the molecule is Cc1ncc(CO)c(C=NNC(=S)Nc2ccc(S(=O)(=O)N3CCOCC3)cc2)c1O. The van der Waals surface area contributed by atoms with Crippen molar-refractivity contribution in [2.75, 3.05) is 31.6 Å². The molecule has 12 heteroatoms. The number of morpholine rings is 1. The Balaban J connectivity index is 1.61. The van der Waals surface area contributed by atoms with Gasteiger partial charge in [0.2, 0.25) is 10.0 Å². The molecule has 2 heterocycles. The number of rotatable bonds is 6. The number of aliphatic hydroxyl groups is 1. The number of nitrogens with one attached hydrogen (secondary N) is 2. The fraction of sp³-hybridized carbons (Fsp3) is 0.316. The van der Waals surface area contributed by atoms with Gasteiger partial charge in [-0.05, 0) is 43.4 Å². The molecule has 0 bridgehead atoms. The highest BCUT2D eigenvalue weighted by Crippen LogP contribution is 2.22. The summed E-state index contributed by atoms with van der Waals surface area (Å²) in [5.74, 6) is -0.0759. The summed E-state index contributed by atoms with van der Waals surface area (Å²) in [7, 11) is -3.56. The summed E-state index contributed by atoms with van der Waals surface area (Å²) in [4.78, 5) is 4.17. The van der Waals surface area contributed by atoms with Gasteiger partial charge in [-0.2, -0.15) is 9.41 Å². The van der Waals surface area contributed by atoms with Gasteiger partial charge in [0.05, 0.1) is 36.6 Å². The summed E-state index contributed by atoms with van der Waals surface area (Å²) >= 11 is 5.18. The minimum absolute atomic E-state index is 0.0759. The lowest BCUT2D eigenvalue weighted by atomic mass is 10.1. The number of aliphatic hydroxyl groups excluding tert-OH is 1. The Bertz CT molecular complexity index is 1070. The largest absolute Gasteiger partial charge is 0.505 e. The van der Waals surface area contributed by atoms with Crippen LogP contribution in [-0.2, 0) is 21.4 Å². The van der Waals surface area contributed by atoms with Crippen molar-refractivity contribution in [1.29, 1.82) is 0 Å². The highest BCUT2D eigenvalue weighted by atomic mass is 32.2. The van der Waals surface area contributed by atoms with Crippen molar-refractivity contribution in [3.8, 4) is 5.75 Å². The van der Waals surface area contributed by atoms with Crippen LogP contribution in [0.25, 0.3) is 0 Å². The van der Waals surface area contributed by atoms with Crippen molar-refractivity contribution >= 4 is 39.3 Å². The van der Waals surface area contributed by atoms with Crippen LogP contribution in [0, 0.1) is 6.92 Å². The molecule has 1 aromatic carbocycles. The molecule has 4 N–H and O–H groups in total. The third-order valence-electron chi connectivity index (χ3n) is 4.61. The van der Waals surface area contributed by atoms with E-state index in [1.165, 1.54) is 28.8 Å². The summed E-state index contributed by atoms with van der Waals surface area (Å²) in [6, 6.07) is 6.22. The summed E-state index contributed by atoms with van der Waals surface area (Å²) in [6.07, 6.45) is 2.79. The molecule has 2 aromatic rings. The zero-order chi connectivity index (χ0) is 22.4. The summed E-state index contributed by atoms with van der Waals surface area (Å²) < 4.78 is 31.9. The molecule has 0 spiro atoms. The molecule has 1 fully saturated rings. The zero-order valence-corrected chi connectivity index (χ0v) is 18.4. The highest BCUT2D eigenvalue weighted by molar-refractivity contribution is 7.89. The molecule has 0 saturated carbocycles. The van der Waals surface area contributed by atoms with Gasteiger partial charge in [-0.15, -0.1) is 0 Å². The molecule has 1 aliphatic heterocycles. The molecule has 0 aliphatic carbocycles. The summed E-state index contributed by atoms with van der Waals surface area (Å²) in [6.45, 7) is 2.77. The molecule has 0 amide bonds. The van der Waals surface area contributed by atoms with Crippen molar-refractivity contribution in [1.82, 2.24) is 14.7 Å². The topological polar surface area (TPSA) is 136 Å². The maximum absolute atomic E-state index is 12.7. The van der Waals surface area contributed by atoms with Crippen LogP contribution in [-0.4, -0.2) is 65.6 Å². The van der Waals surface area contributed by atoms with E-state index in [0.717, 1.165) is 0 Å². The Labute approximate surface area is 185 Å². The quantitative estimate of drug-likeness (QED) is 0.279. The normalized spacial score (nSPS) is 15.2. The molecule has 166 valence electrons. The van der Waals surface area contributed by atoms with Crippen LogP contribution in [0.3, 0.4) is 0 Å². The number of aromatic nitrogens is 1. The molecule has 3 rings (SSSR count). The van der Waals surface area contributed by atoms with Crippen LogP contribution < -0.4 is 10.7 Å². The molecule has 0 unspecified atom stereocenters. The summed E-state index contributed by atoms with van der Waals surface area (Å²) in [5.41, 5.74) is 4.35.